The number of aromatic hydroxyl groups is 1. The molecule has 9 nitrogen and oxygen atoms in total. The minimum atomic E-state index is -1.46. The molecule has 0 atom stereocenters. The second-order valence-corrected chi connectivity index (χ2v) is 6.85. The molecule has 3 aromatic rings. The Morgan fingerprint density at radius 1 is 1.26 bits per heavy atom. The quantitative estimate of drug-likeness (QED) is 0.436. The average molecular weight is 444 g/mol. The van der Waals surface area contributed by atoms with E-state index < -0.39 is 11.9 Å². The Labute approximate surface area is 180 Å². The number of hydrogen-bond donors (Lipinski definition) is 2. The van der Waals surface area contributed by atoms with Crippen LogP contribution in [0.2, 0.25) is 0 Å². The molecule has 0 bridgehead atoms. The van der Waals surface area contributed by atoms with Crippen LogP contribution < -0.4 is 4.74 Å². The smallest absolute Gasteiger partial charge is 0.432 e. The van der Waals surface area contributed by atoms with Crippen molar-refractivity contribution in [3.63, 3.8) is 0 Å². The molecule has 0 aliphatic rings. The van der Waals surface area contributed by atoms with Gasteiger partial charge in [0.1, 0.15) is 16.6 Å². The zero-order valence-corrected chi connectivity index (χ0v) is 17.5. The second-order valence-electron chi connectivity index (χ2n) is 6.05. The van der Waals surface area contributed by atoms with E-state index in [4.69, 9.17) is 14.4 Å². The fraction of sp³-hybridized carbons (Fsp3) is 0.150. The summed E-state index contributed by atoms with van der Waals surface area (Å²) in [5.74, 6) is -0.342. The highest BCUT2D eigenvalue weighted by atomic mass is 32.2. The van der Waals surface area contributed by atoms with Gasteiger partial charge in [-0.1, -0.05) is 5.16 Å². The summed E-state index contributed by atoms with van der Waals surface area (Å²) < 4.78 is 24.6. The molecule has 2 aromatic carbocycles. The third-order valence-electron chi connectivity index (χ3n) is 4.01. The van der Waals surface area contributed by atoms with E-state index in [0.717, 1.165) is 23.9 Å². The van der Waals surface area contributed by atoms with Crippen LogP contribution in [-0.2, 0) is 0 Å². The SMILES string of the molecule is COc1cc(F)c(C(=Nc2ccc(-c3noc(C)n3)cc2)C(=NC(=O)O)SC)cc1O. The first-order chi connectivity index (χ1) is 14.8. The fourth-order valence-electron chi connectivity index (χ4n) is 2.62. The van der Waals surface area contributed by atoms with Crippen LogP contribution in [0.3, 0.4) is 0 Å². The second kappa shape index (κ2) is 9.39. The van der Waals surface area contributed by atoms with Gasteiger partial charge in [-0.25, -0.2) is 14.2 Å². The first-order valence-electron chi connectivity index (χ1n) is 8.74. The van der Waals surface area contributed by atoms with Gasteiger partial charge in [0.05, 0.1) is 12.8 Å². The summed E-state index contributed by atoms with van der Waals surface area (Å²) in [5.41, 5.74) is 0.870. The van der Waals surface area contributed by atoms with Crippen molar-refractivity contribution in [1.29, 1.82) is 0 Å². The number of thioether (sulfide) groups is 1. The lowest BCUT2D eigenvalue weighted by Crippen LogP contribution is -2.15. The van der Waals surface area contributed by atoms with Crippen molar-refractivity contribution in [2.24, 2.45) is 9.98 Å². The van der Waals surface area contributed by atoms with Gasteiger partial charge in [0.2, 0.25) is 11.7 Å². The number of hydrogen-bond acceptors (Lipinski definition) is 8. The Kier molecular flexibility index (Phi) is 6.65. The van der Waals surface area contributed by atoms with Crippen LogP contribution in [0.1, 0.15) is 11.5 Å². The summed E-state index contributed by atoms with van der Waals surface area (Å²) in [4.78, 5) is 23.2. The number of methoxy groups -OCH3 is 1. The van der Waals surface area contributed by atoms with E-state index in [1.807, 2.05) is 0 Å². The Hall–Kier alpha value is -3.73. The van der Waals surface area contributed by atoms with E-state index in [0.29, 0.717) is 23.0 Å². The van der Waals surface area contributed by atoms with Gasteiger partial charge in [0.25, 0.3) is 0 Å². The highest BCUT2D eigenvalue weighted by Gasteiger charge is 2.20. The van der Waals surface area contributed by atoms with Crippen LogP contribution in [-0.4, -0.2) is 50.6 Å². The molecule has 11 heteroatoms. The molecule has 0 radical (unpaired) electrons. The summed E-state index contributed by atoms with van der Waals surface area (Å²) in [6.45, 7) is 1.67. The van der Waals surface area contributed by atoms with E-state index in [9.17, 15) is 14.3 Å². The highest BCUT2D eigenvalue weighted by Crippen LogP contribution is 2.31. The number of amides is 1. The van der Waals surface area contributed by atoms with E-state index in [1.54, 1.807) is 37.4 Å². The molecule has 160 valence electrons. The number of ether oxygens (including phenoxy) is 1. The maximum Gasteiger partial charge on any atom is 0.432 e. The molecule has 0 saturated carbocycles. The lowest BCUT2D eigenvalue weighted by Gasteiger charge is -2.12. The van der Waals surface area contributed by atoms with Gasteiger partial charge in [-0.2, -0.15) is 9.98 Å². The molecule has 0 aliphatic carbocycles. The van der Waals surface area contributed by atoms with E-state index in [-0.39, 0.29) is 27.8 Å². The molecule has 2 N–H and O–H groups in total. The third kappa shape index (κ3) is 5.07. The Balaban J connectivity index is 2.11. The van der Waals surface area contributed by atoms with Crippen LogP contribution >= 0.6 is 11.8 Å². The number of phenolic OH excluding ortho intramolecular Hbond substituents is 1. The molecule has 31 heavy (non-hydrogen) atoms. The number of nitrogens with zero attached hydrogens (tertiary/aromatic N) is 4. The van der Waals surface area contributed by atoms with Crippen molar-refractivity contribution in [2.75, 3.05) is 13.4 Å². The summed E-state index contributed by atoms with van der Waals surface area (Å²) in [6.07, 6.45) is 0.123. The molecule has 3 rings (SSSR count). The van der Waals surface area contributed by atoms with Crippen molar-refractivity contribution in [3.05, 3.63) is 53.7 Å². The lowest BCUT2D eigenvalue weighted by atomic mass is 10.1. The molecule has 0 fully saturated rings. The summed E-state index contributed by atoms with van der Waals surface area (Å²) in [7, 11) is 1.29. The average Bonchev–Trinajstić information content (AvgIpc) is 3.18. The molecule has 0 aliphatic heterocycles. The van der Waals surface area contributed by atoms with Gasteiger partial charge >= 0.3 is 6.09 Å². The van der Waals surface area contributed by atoms with Gasteiger partial charge in [-0.05, 0) is 36.6 Å². The number of carboxylic acid groups (broad SMARTS) is 1. The van der Waals surface area contributed by atoms with Crippen LogP contribution in [0.25, 0.3) is 11.4 Å². The monoisotopic (exact) mass is 444 g/mol. The maximum absolute atomic E-state index is 14.8. The number of phenols is 1. The van der Waals surface area contributed by atoms with Gasteiger partial charge < -0.3 is 19.5 Å². The van der Waals surface area contributed by atoms with Crippen LogP contribution in [0.15, 0.2) is 50.9 Å². The van der Waals surface area contributed by atoms with Crippen LogP contribution in [0.4, 0.5) is 14.9 Å². The zero-order chi connectivity index (χ0) is 22.5. The summed E-state index contributed by atoms with van der Waals surface area (Å²) in [6, 6.07) is 8.73. The lowest BCUT2D eigenvalue weighted by molar-refractivity contribution is 0.206. The van der Waals surface area contributed by atoms with Crippen LogP contribution in [0, 0.1) is 12.7 Å². The predicted molar refractivity (Wildman–Crippen MR) is 114 cm³/mol. The minimum Gasteiger partial charge on any atom is -0.504 e. The largest absolute Gasteiger partial charge is 0.504 e. The third-order valence-corrected chi connectivity index (χ3v) is 4.68. The van der Waals surface area contributed by atoms with Gasteiger partial charge in [0, 0.05) is 24.1 Å². The van der Waals surface area contributed by atoms with Gasteiger partial charge in [0.15, 0.2) is 11.5 Å². The van der Waals surface area contributed by atoms with Crippen molar-refractivity contribution in [2.45, 2.75) is 6.92 Å². The van der Waals surface area contributed by atoms with Gasteiger partial charge in [-0.15, -0.1) is 11.8 Å². The first kappa shape index (κ1) is 22.0. The molecular weight excluding hydrogens is 427 g/mol. The standard InChI is InChI=1S/C20H17FN4O5S/c1-10-22-18(25-30-10)11-4-6-12(7-5-11)23-17(19(31-3)24-20(27)28)13-8-15(26)16(29-2)9-14(13)21/h4-9,26H,1-3H3,(H,27,28). The fourth-order valence-corrected chi connectivity index (χ4v) is 3.14. The van der Waals surface area contributed by atoms with Crippen molar-refractivity contribution in [1.82, 2.24) is 10.1 Å². The summed E-state index contributed by atoms with van der Waals surface area (Å²) in [5, 5.41) is 23.0. The van der Waals surface area contributed by atoms with Crippen LogP contribution in [0.5, 0.6) is 11.5 Å². The number of aromatic nitrogens is 2. The number of rotatable bonds is 5. The molecule has 0 spiro atoms. The first-order valence-corrected chi connectivity index (χ1v) is 9.97. The predicted octanol–water partition coefficient (Wildman–Crippen LogP) is 4.46. The maximum atomic E-state index is 14.8. The number of aryl methyl sites for hydroxylation is 1. The van der Waals surface area contributed by atoms with Gasteiger partial charge in [-0.3, -0.25) is 0 Å². The Morgan fingerprint density at radius 2 is 1.97 bits per heavy atom. The molecule has 1 heterocycles. The van der Waals surface area contributed by atoms with E-state index in [1.165, 1.54) is 7.11 Å². The normalized spacial score (nSPS) is 12.1. The van der Waals surface area contributed by atoms with E-state index in [2.05, 4.69) is 20.1 Å². The van der Waals surface area contributed by atoms with E-state index >= 15 is 0 Å². The topological polar surface area (TPSA) is 130 Å². The number of benzene rings is 2. The molecule has 0 saturated heterocycles. The molecular formula is C20H17FN4O5S. The van der Waals surface area contributed by atoms with Crippen molar-refractivity contribution in [3.8, 4) is 22.9 Å². The van der Waals surface area contributed by atoms with Crippen molar-refractivity contribution >= 4 is 34.3 Å². The number of carbonyl (C=O) groups is 1. The highest BCUT2D eigenvalue weighted by molar-refractivity contribution is 8.15. The molecule has 0 unspecified atom stereocenters. The molecule has 1 amide bonds. The minimum absolute atomic E-state index is 0.0474. The molecule has 1 aromatic heterocycles. The number of halogens is 1. The Bertz CT molecular complexity index is 1170. The summed E-state index contributed by atoms with van der Waals surface area (Å²) >= 11 is 0.974. The Morgan fingerprint density at radius 3 is 2.52 bits per heavy atom. The van der Waals surface area contributed by atoms with Crippen molar-refractivity contribution < 1.29 is 28.7 Å². The number of aliphatic imine (C=N–C) groups is 2. The zero-order valence-electron chi connectivity index (χ0n) is 16.7.